The summed E-state index contributed by atoms with van der Waals surface area (Å²) in [6.45, 7) is 3.29. The first-order valence-electron chi connectivity index (χ1n) is 9.22. The Morgan fingerprint density at radius 3 is 2.27 bits per heavy atom. The Bertz CT molecular complexity index is 503. The van der Waals surface area contributed by atoms with Gasteiger partial charge in [-0.25, -0.2) is 0 Å². The fourth-order valence-corrected chi connectivity index (χ4v) is 6.32. The van der Waals surface area contributed by atoms with Gasteiger partial charge < -0.3 is 10.4 Å². The van der Waals surface area contributed by atoms with E-state index in [1.54, 1.807) is 6.07 Å². The highest BCUT2D eigenvalue weighted by Gasteiger charge is 2.51. The van der Waals surface area contributed by atoms with Crippen molar-refractivity contribution >= 4 is 0 Å². The maximum absolute atomic E-state index is 9.91. The van der Waals surface area contributed by atoms with Crippen LogP contribution in [0.15, 0.2) is 24.3 Å². The molecule has 2 heteroatoms. The average molecular weight is 300 g/mol. The van der Waals surface area contributed by atoms with E-state index < -0.39 is 0 Å². The van der Waals surface area contributed by atoms with Crippen molar-refractivity contribution in [2.75, 3.05) is 0 Å². The quantitative estimate of drug-likeness (QED) is 0.858. The largest absolute Gasteiger partial charge is 0.507 e. The Hall–Kier alpha value is -1.02. The van der Waals surface area contributed by atoms with Gasteiger partial charge in [-0.15, -0.1) is 0 Å². The third-order valence-corrected chi connectivity index (χ3v) is 6.65. The van der Waals surface area contributed by atoms with Crippen LogP contribution in [0.2, 0.25) is 0 Å². The van der Waals surface area contributed by atoms with Gasteiger partial charge in [0.1, 0.15) is 12.3 Å². The summed E-state index contributed by atoms with van der Waals surface area (Å²) in [7, 11) is 0. The number of nitrogens with two attached hydrogens (primary N) is 1. The van der Waals surface area contributed by atoms with Crippen molar-refractivity contribution in [2.24, 2.45) is 23.2 Å². The Morgan fingerprint density at radius 2 is 1.68 bits per heavy atom. The number of benzene rings is 1. The molecule has 3 N–H and O–H groups in total. The van der Waals surface area contributed by atoms with Crippen molar-refractivity contribution in [3.63, 3.8) is 0 Å². The number of hydrogen-bond acceptors (Lipinski definition) is 1. The van der Waals surface area contributed by atoms with E-state index in [2.05, 4.69) is 12.2 Å². The molecule has 120 valence electrons. The lowest BCUT2D eigenvalue weighted by molar-refractivity contribution is -0.703. The Labute approximate surface area is 134 Å². The van der Waals surface area contributed by atoms with Gasteiger partial charge in [0.2, 0.25) is 0 Å². The third kappa shape index (κ3) is 2.78. The van der Waals surface area contributed by atoms with Gasteiger partial charge in [0.15, 0.2) is 0 Å². The minimum atomic E-state index is 0.445. The lowest BCUT2D eigenvalue weighted by Gasteiger charge is -2.57. The van der Waals surface area contributed by atoms with Crippen LogP contribution in [0.4, 0.5) is 0 Å². The van der Waals surface area contributed by atoms with E-state index in [0.717, 1.165) is 29.9 Å². The molecule has 0 unspecified atom stereocenters. The molecule has 4 aliphatic rings. The van der Waals surface area contributed by atoms with Crippen LogP contribution in [0, 0.1) is 23.2 Å². The second kappa shape index (κ2) is 5.56. The molecular formula is C20H30NO+. The van der Waals surface area contributed by atoms with Crippen LogP contribution < -0.4 is 5.32 Å². The number of hydrogen-bond donors (Lipinski definition) is 2. The molecule has 4 saturated carbocycles. The monoisotopic (exact) mass is 300 g/mol. The summed E-state index contributed by atoms with van der Waals surface area (Å²) < 4.78 is 0. The first-order valence-corrected chi connectivity index (χ1v) is 9.22. The van der Waals surface area contributed by atoms with E-state index in [4.69, 9.17) is 0 Å². The minimum absolute atomic E-state index is 0.445. The van der Waals surface area contributed by atoms with Gasteiger partial charge in [0.25, 0.3) is 0 Å². The van der Waals surface area contributed by atoms with Crippen molar-refractivity contribution in [3.05, 3.63) is 29.8 Å². The average Bonchev–Trinajstić information content (AvgIpc) is 2.44. The summed E-state index contributed by atoms with van der Waals surface area (Å²) in [5.74, 6) is 3.60. The van der Waals surface area contributed by atoms with E-state index in [0.29, 0.717) is 17.2 Å². The highest BCUT2D eigenvalue weighted by molar-refractivity contribution is 5.30. The number of phenols is 1. The molecule has 4 bridgehead atoms. The number of quaternary nitrogens is 1. The summed E-state index contributed by atoms with van der Waals surface area (Å²) in [5, 5.41) is 12.3. The fraction of sp³-hybridized carbons (Fsp3) is 0.700. The summed E-state index contributed by atoms with van der Waals surface area (Å²) in [5.41, 5.74) is 1.74. The molecule has 0 saturated heterocycles. The molecule has 4 fully saturated rings. The van der Waals surface area contributed by atoms with Gasteiger partial charge in [0, 0.05) is 12.0 Å². The molecular weight excluding hydrogens is 270 g/mol. The lowest BCUT2D eigenvalue weighted by atomic mass is 9.48. The first-order chi connectivity index (χ1) is 10.6. The number of rotatable bonds is 5. The molecule has 1 aromatic rings. The number of para-hydroxylation sites is 1. The smallest absolute Gasteiger partial charge is 0.124 e. The number of phenolic OH excluding ortho intramolecular Hbond substituents is 1. The van der Waals surface area contributed by atoms with Gasteiger partial charge in [-0.2, -0.15) is 0 Å². The van der Waals surface area contributed by atoms with Crippen LogP contribution in [-0.2, 0) is 6.54 Å². The molecule has 4 aliphatic carbocycles. The van der Waals surface area contributed by atoms with Crippen LogP contribution >= 0.6 is 0 Å². The summed E-state index contributed by atoms with van der Waals surface area (Å²) in [6, 6.07) is 8.43. The van der Waals surface area contributed by atoms with Crippen LogP contribution in [0.1, 0.15) is 57.4 Å². The topological polar surface area (TPSA) is 36.8 Å². The Morgan fingerprint density at radius 1 is 1.09 bits per heavy atom. The van der Waals surface area contributed by atoms with E-state index >= 15 is 0 Å². The molecule has 0 aromatic heterocycles. The predicted octanol–water partition coefficient (Wildman–Crippen LogP) is 3.45. The summed E-state index contributed by atoms with van der Waals surface area (Å²) in [6.07, 6.45) is 10.5. The van der Waals surface area contributed by atoms with Crippen LogP contribution in [-0.4, -0.2) is 11.1 Å². The third-order valence-electron chi connectivity index (χ3n) is 6.65. The van der Waals surface area contributed by atoms with Gasteiger partial charge in [-0.1, -0.05) is 12.1 Å². The van der Waals surface area contributed by atoms with Crippen molar-refractivity contribution in [1.29, 1.82) is 0 Å². The van der Waals surface area contributed by atoms with Crippen molar-refractivity contribution < 1.29 is 10.4 Å². The molecule has 1 aromatic carbocycles. The predicted molar refractivity (Wildman–Crippen MR) is 88.4 cm³/mol. The highest BCUT2D eigenvalue weighted by Crippen LogP contribution is 2.61. The molecule has 22 heavy (non-hydrogen) atoms. The van der Waals surface area contributed by atoms with Crippen molar-refractivity contribution in [3.8, 4) is 5.75 Å². The second-order valence-corrected chi connectivity index (χ2v) is 8.67. The number of aromatic hydroxyl groups is 1. The molecule has 0 radical (unpaired) electrons. The normalized spacial score (nSPS) is 37.4. The summed E-state index contributed by atoms with van der Waals surface area (Å²) >= 11 is 0. The molecule has 0 aliphatic heterocycles. The standard InChI is InChI=1S/C20H29NO/c1-14(21-13-18-4-2-3-5-19(18)22)9-20-10-15-6-16(11-20)8-17(7-15)12-20/h2-5,14-17,21-22H,6-13H2,1H3/p+1/t14-,15?,16?,17?,20?/m0/s1. The van der Waals surface area contributed by atoms with Gasteiger partial charge in [0.05, 0.1) is 6.04 Å². The van der Waals surface area contributed by atoms with E-state index in [1.165, 1.54) is 44.9 Å². The van der Waals surface area contributed by atoms with Crippen molar-refractivity contribution in [1.82, 2.24) is 0 Å². The van der Waals surface area contributed by atoms with Gasteiger partial charge >= 0.3 is 0 Å². The van der Waals surface area contributed by atoms with E-state index in [-0.39, 0.29) is 0 Å². The van der Waals surface area contributed by atoms with Crippen LogP contribution in [0.5, 0.6) is 5.75 Å². The molecule has 0 amide bonds. The Balaban J connectivity index is 1.36. The molecule has 2 nitrogen and oxygen atoms in total. The zero-order valence-corrected chi connectivity index (χ0v) is 13.8. The zero-order valence-electron chi connectivity index (χ0n) is 13.8. The lowest BCUT2D eigenvalue weighted by Crippen LogP contribution is -2.88. The van der Waals surface area contributed by atoms with Crippen molar-refractivity contribution in [2.45, 2.75) is 64.5 Å². The molecule has 0 spiro atoms. The van der Waals surface area contributed by atoms with Crippen LogP contribution in [0.3, 0.4) is 0 Å². The van der Waals surface area contributed by atoms with E-state index in [1.807, 2.05) is 18.2 Å². The maximum Gasteiger partial charge on any atom is 0.124 e. The van der Waals surface area contributed by atoms with Gasteiger partial charge in [-0.05, 0) is 80.8 Å². The zero-order chi connectivity index (χ0) is 15.2. The fourth-order valence-electron chi connectivity index (χ4n) is 6.32. The van der Waals surface area contributed by atoms with Crippen LogP contribution in [0.25, 0.3) is 0 Å². The molecule has 1 atom stereocenters. The molecule has 0 heterocycles. The van der Waals surface area contributed by atoms with E-state index in [9.17, 15) is 5.11 Å². The van der Waals surface area contributed by atoms with Gasteiger partial charge in [-0.3, -0.25) is 0 Å². The maximum atomic E-state index is 9.91. The summed E-state index contributed by atoms with van der Waals surface area (Å²) in [4.78, 5) is 0. The molecule has 5 rings (SSSR count). The minimum Gasteiger partial charge on any atom is -0.507 e. The second-order valence-electron chi connectivity index (χ2n) is 8.67. The highest BCUT2D eigenvalue weighted by atomic mass is 16.3. The first kappa shape index (κ1) is 14.6. The Kier molecular flexibility index (Phi) is 3.68. The SMILES string of the molecule is C[C@@H](CC12CC3CC(CC(C3)C1)C2)[NH2+]Cc1ccccc1O.